The molecule has 13 heavy (non-hydrogen) atoms. The molecule has 0 aliphatic carbocycles. The minimum Gasteiger partial charge on any atom is -0.497 e. The van der Waals surface area contributed by atoms with Crippen LogP contribution in [0.3, 0.4) is 0 Å². The number of hydrogen-bond donors (Lipinski definition) is 0. The van der Waals surface area contributed by atoms with Gasteiger partial charge in [0.1, 0.15) is 5.75 Å². The molecule has 2 nitrogen and oxygen atoms in total. The summed E-state index contributed by atoms with van der Waals surface area (Å²) in [5.74, 6) is -2.93. The molecule has 1 rings (SSSR count). The number of hydrogen-bond acceptors (Lipinski definition) is 2. The van der Waals surface area contributed by atoms with Crippen LogP contribution in [0.4, 0.5) is 8.78 Å². The highest BCUT2D eigenvalue weighted by Crippen LogP contribution is 2.26. The zero-order valence-corrected chi connectivity index (χ0v) is 6.96. The van der Waals surface area contributed by atoms with Gasteiger partial charge >= 0.3 is 5.92 Å². The summed E-state index contributed by atoms with van der Waals surface area (Å²) >= 11 is 0. The Balaban J connectivity index is 2.98. The average Bonchev–Trinajstić information content (AvgIpc) is 2.18. The summed E-state index contributed by atoms with van der Waals surface area (Å²) in [5.41, 5.74) is -0.330. The quantitative estimate of drug-likeness (QED) is 0.675. The Labute approximate surface area is 74.1 Å². The third kappa shape index (κ3) is 2.02. The van der Waals surface area contributed by atoms with Crippen LogP contribution in [0.2, 0.25) is 0 Å². The molecule has 0 saturated carbocycles. The molecule has 0 saturated heterocycles. The van der Waals surface area contributed by atoms with E-state index in [2.05, 4.69) is 0 Å². The first kappa shape index (κ1) is 9.64. The van der Waals surface area contributed by atoms with Crippen molar-refractivity contribution in [1.82, 2.24) is 0 Å². The van der Waals surface area contributed by atoms with Gasteiger partial charge in [-0.1, -0.05) is 0 Å². The minimum atomic E-state index is -3.41. The Morgan fingerprint density at radius 3 is 2.23 bits per heavy atom. The SMILES string of the molecule is COc1ccc(C(F)(F)C=O)cc1. The van der Waals surface area contributed by atoms with Crippen LogP contribution in [-0.2, 0) is 10.7 Å². The van der Waals surface area contributed by atoms with E-state index in [-0.39, 0.29) is 11.8 Å². The predicted molar refractivity (Wildman–Crippen MR) is 43.0 cm³/mol. The van der Waals surface area contributed by atoms with Gasteiger partial charge in [0, 0.05) is 5.56 Å². The van der Waals surface area contributed by atoms with E-state index < -0.39 is 5.92 Å². The molecular weight excluding hydrogens is 178 g/mol. The lowest BCUT2D eigenvalue weighted by Crippen LogP contribution is -2.14. The monoisotopic (exact) mass is 186 g/mol. The molecular formula is C9H8F2O2. The Morgan fingerprint density at radius 2 is 1.85 bits per heavy atom. The molecule has 0 amide bonds. The van der Waals surface area contributed by atoms with Crippen molar-refractivity contribution in [3.05, 3.63) is 29.8 Å². The van der Waals surface area contributed by atoms with Gasteiger partial charge in [-0.25, -0.2) is 0 Å². The second kappa shape index (κ2) is 3.51. The molecule has 0 radical (unpaired) electrons. The molecule has 0 aromatic heterocycles. The topological polar surface area (TPSA) is 26.3 Å². The fourth-order valence-electron chi connectivity index (χ4n) is 0.881. The van der Waals surface area contributed by atoms with Crippen LogP contribution in [0.5, 0.6) is 5.75 Å². The van der Waals surface area contributed by atoms with Crippen LogP contribution in [0.1, 0.15) is 5.56 Å². The Hall–Kier alpha value is -1.45. The van der Waals surface area contributed by atoms with Gasteiger partial charge in [0.25, 0.3) is 0 Å². The van der Waals surface area contributed by atoms with Gasteiger partial charge in [0.05, 0.1) is 7.11 Å². The van der Waals surface area contributed by atoms with E-state index in [0.717, 1.165) is 12.1 Å². The molecule has 4 heteroatoms. The third-order valence-corrected chi connectivity index (χ3v) is 1.62. The summed E-state index contributed by atoms with van der Waals surface area (Å²) in [6, 6.07) is 5.08. The zero-order chi connectivity index (χ0) is 9.90. The molecule has 0 atom stereocenters. The van der Waals surface area contributed by atoms with Crippen molar-refractivity contribution < 1.29 is 18.3 Å². The van der Waals surface area contributed by atoms with Crippen molar-refractivity contribution in [2.45, 2.75) is 5.92 Å². The maximum absolute atomic E-state index is 12.7. The van der Waals surface area contributed by atoms with Crippen molar-refractivity contribution in [3.8, 4) is 5.75 Å². The predicted octanol–water partition coefficient (Wildman–Crippen LogP) is 1.99. The van der Waals surface area contributed by atoms with Crippen molar-refractivity contribution in [2.24, 2.45) is 0 Å². The highest BCUT2D eigenvalue weighted by atomic mass is 19.3. The van der Waals surface area contributed by atoms with Crippen molar-refractivity contribution in [2.75, 3.05) is 7.11 Å². The van der Waals surface area contributed by atoms with Gasteiger partial charge in [-0.2, -0.15) is 8.78 Å². The third-order valence-electron chi connectivity index (χ3n) is 1.62. The summed E-state index contributed by atoms with van der Waals surface area (Å²) in [6.45, 7) is 0. The maximum Gasteiger partial charge on any atom is 0.327 e. The number of alkyl halides is 2. The molecule has 70 valence electrons. The highest BCUT2D eigenvalue weighted by Gasteiger charge is 2.30. The summed E-state index contributed by atoms with van der Waals surface area (Å²) in [7, 11) is 1.44. The normalized spacial score (nSPS) is 11.0. The van der Waals surface area contributed by atoms with Crippen LogP contribution in [-0.4, -0.2) is 13.4 Å². The lowest BCUT2D eigenvalue weighted by atomic mass is 10.1. The Morgan fingerprint density at radius 1 is 1.31 bits per heavy atom. The Bertz CT molecular complexity index is 293. The molecule has 0 spiro atoms. The smallest absolute Gasteiger partial charge is 0.327 e. The fraction of sp³-hybridized carbons (Fsp3) is 0.222. The molecule has 0 N–H and O–H groups in total. The van der Waals surface area contributed by atoms with Crippen LogP contribution >= 0.6 is 0 Å². The van der Waals surface area contributed by atoms with Gasteiger partial charge < -0.3 is 4.74 Å². The average molecular weight is 186 g/mol. The first-order chi connectivity index (χ1) is 6.10. The number of carbonyl (C=O) groups excluding carboxylic acids is 1. The lowest BCUT2D eigenvalue weighted by Gasteiger charge is -2.08. The highest BCUT2D eigenvalue weighted by molar-refractivity contribution is 5.63. The van der Waals surface area contributed by atoms with Gasteiger partial charge in [-0.05, 0) is 24.3 Å². The number of carbonyl (C=O) groups is 1. The van der Waals surface area contributed by atoms with E-state index in [1.54, 1.807) is 0 Å². The summed E-state index contributed by atoms with van der Waals surface area (Å²) in [4.78, 5) is 10.0. The molecule has 0 unspecified atom stereocenters. The van der Waals surface area contributed by atoms with Crippen molar-refractivity contribution in [3.63, 3.8) is 0 Å². The molecule has 0 bridgehead atoms. The largest absolute Gasteiger partial charge is 0.497 e. The van der Waals surface area contributed by atoms with E-state index in [0.29, 0.717) is 5.75 Å². The van der Waals surface area contributed by atoms with E-state index in [1.165, 1.54) is 19.2 Å². The van der Waals surface area contributed by atoms with E-state index in [4.69, 9.17) is 4.74 Å². The minimum absolute atomic E-state index is 0.330. The first-order valence-corrected chi connectivity index (χ1v) is 3.59. The zero-order valence-electron chi connectivity index (χ0n) is 6.96. The lowest BCUT2D eigenvalue weighted by molar-refractivity contribution is -0.130. The van der Waals surface area contributed by atoms with Crippen molar-refractivity contribution >= 4 is 6.29 Å². The maximum atomic E-state index is 12.7. The van der Waals surface area contributed by atoms with Gasteiger partial charge in [0.15, 0.2) is 6.29 Å². The van der Waals surface area contributed by atoms with Crippen molar-refractivity contribution in [1.29, 1.82) is 0 Å². The van der Waals surface area contributed by atoms with Gasteiger partial charge in [0.2, 0.25) is 0 Å². The number of rotatable bonds is 3. The molecule has 1 aromatic rings. The summed E-state index contributed by atoms with van der Waals surface area (Å²) in [6.07, 6.45) is -0.380. The summed E-state index contributed by atoms with van der Waals surface area (Å²) in [5, 5.41) is 0. The van der Waals surface area contributed by atoms with Crippen LogP contribution in [0, 0.1) is 0 Å². The van der Waals surface area contributed by atoms with Crippen LogP contribution in [0.15, 0.2) is 24.3 Å². The molecule has 1 aromatic carbocycles. The first-order valence-electron chi connectivity index (χ1n) is 3.59. The van der Waals surface area contributed by atoms with Gasteiger partial charge in [-0.3, -0.25) is 4.79 Å². The second-order valence-corrected chi connectivity index (χ2v) is 2.47. The second-order valence-electron chi connectivity index (χ2n) is 2.47. The van der Waals surface area contributed by atoms with E-state index >= 15 is 0 Å². The van der Waals surface area contributed by atoms with E-state index in [1.807, 2.05) is 0 Å². The molecule has 0 fully saturated rings. The number of benzene rings is 1. The standard InChI is InChI=1S/C9H8F2O2/c1-13-8-4-2-7(3-5-8)9(10,11)6-12/h2-6H,1H3. The Kier molecular flexibility index (Phi) is 2.60. The number of methoxy groups -OCH3 is 1. The molecule has 0 aliphatic heterocycles. The van der Waals surface area contributed by atoms with E-state index in [9.17, 15) is 13.6 Å². The van der Waals surface area contributed by atoms with Gasteiger partial charge in [-0.15, -0.1) is 0 Å². The molecule has 0 aliphatic rings. The van der Waals surface area contributed by atoms with Crippen LogP contribution < -0.4 is 4.74 Å². The van der Waals surface area contributed by atoms with Crippen LogP contribution in [0.25, 0.3) is 0 Å². The summed E-state index contributed by atoms with van der Waals surface area (Å²) < 4.78 is 30.2. The number of ether oxygens (including phenoxy) is 1. The number of aldehydes is 1. The molecule has 0 heterocycles. The number of halogens is 2. The fourth-order valence-corrected chi connectivity index (χ4v) is 0.881.